The van der Waals surface area contributed by atoms with Crippen LogP contribution in [0.25, 0.3) is 0 Å². The zero-order chi connectivity index (χ0) is 13.8. The van der Waals surface area contributed by atoms with E-state index in [4.69, 9.17) is 0 Å². The molecule has 1 rings (SSSR count). The van der Waals surface area contributed by atoms with Crippen LogP contribution in [0.4, 0.5) is 4.39 Å². The topological polar surface area (TPSA) is 20.2 Å². The largest absolute Gasteiger partial charge is 0.390 e. The second-order valence-electron chi connectivity index (χ2n) is 6.71. The molecular formula is C16H25FO. The molecule has 0 aliphatic carbocycles. The van der Waals surface area contributed by atoms with Crippen LogP contribution in [0.5, 0.6) is 0 Å². The van der Waals surface area contributed by atoms with Gasteiger partial charge in [-0.2, -0.15) is 0 Å². The van der Waals surface area contributed by atoms with E-state index in [0.29, 0.717) is 11.8 Å². The standard InChI is InChI=1S/C16H25FO/c1-15(2,3)10-5-11-16(4,18)12-13-6-8-14(17)9-7-13/h6-9,18H,5,10-12H2,1-4H3. The number of rotatable bonds is 5. The summed E-state index contributed by atoms with van der Waals surface area (Å²) >= 11 is 0. The molecule has 0 spiro atoms. The fourth-order valence-electron chi connectivity index (χ4n) is 2.13. The number of halogens is 1. The zero-order valence-corrected chi connectivity index (χ0v) is 12.0. The normalized spacial score (nSPS) is 15.4. The molecule has 0 aliphatic heterocycles. The molecule has 1 atom stereocenters. The summed E-state index contributed by atoms with van der Waals surface area (Å²) in [5.41, 5.74) is 0.590. The zero-order valence-electron chi connectivity index (χ0n) is 12.0. The van der Waals surface area contributed by atoms with Crippen molar-refractivity contribution < 1.29 is 9.50 Å². The second kappa shape index (κ2) is 5.83. The quantitative estimate of drug-likeness (QED) is 0.826. The highest BCUT2D eigenvalue weighted by atomic mass is 19.1. The van der Waals surface area contributed by atoms with Crippen molar-refractivity contribution in [2.24, 2.45) is 5.41 Å². The first-order chi connectivity index (χ1) is 8.18. The van der Waals surface area contributed by atoms with Crippen LogP contribution in [0, 0.1) is 11.2 Å². The highest BCUT2D eigenvalue weighted by Crippen LogP contribution is 2.26. The molecule has 0 heterocycles. The number of hydrogen-bond donors (Lipinski definition) is 1. The fourth-order valence-corrected chi connectivity index (χ4v) is 2.13. The molecule has 0 aromatic heterocycles. The van der Waals surface area contributed by atoms with Gasteiger partial charge in [-0.25, -0.2) is 4.39 Å². The van der Waals surface area contributed by atoms with Gasteiger partial charge in [0.15, 0.2) is 0 Å². The van der Waals surface area contributed by atoms with Gasteiger partial charge < -0.3 is 5.11 Å². The van der Waals surface area contributed by atoms with Gasteiger partial charge >= 0.3 is 0 Å². The van der Waals surface area contributed by atoms with Gasteiger partial charge in [0.25, 0.3) is 0 Å². The van der Waals surface area contributed by atoms with E-state index in [9.17, 15) is 9.50 Å². The summed E-state index contributed by atoms with van der Waals surface area (Å²) in [6.45, 7) is 8.49. The molecule has 1 N–H and O–H groups in total. The Morgan fingerprint density at radius 1 is 1.00 bits per heavy atom. The van der Waals surface area contributed by atoms with Crippen LogP contribution in [-0.4, -0.2) is 10.7 Å². The smallest absolute Gasteiger partial charge is 0.123 e. The van der Waals surface area contributed by atoms with Crippen LogP contribution in [0.15, 0.2) is 24.3 Å². The molecule has 1 nitrogen and oxygen atoms in total. The summed E-state index contributed by atoms with van der Waals surface area (Å²) in [5.74, 6) is -0.230. The maximum Gasteiger partial charge on any atom is 0.123 e. The van der Waals surface area contributed by atoms with E-state index in [2.05, 4.69) is 20.8 Å². The molecule has 1 aromatic carbocycles. The Bertz CT molecular complexity index is 360. The Morgan fingerprint density at radius 3 is 2.06 bits per heavy atom. The van der Waals surface area contributed by atoms with E-state index in [1.54, 1.807) is 12.1 Å². The van der Waals surface area contributed by atoms with Crippen molar-refractivity contribution in [1.82, 2.24) is 0 Å². The minimum atomic E-state index is -0.705. The Labute approximate surface area is 110 Å². The fraction of sp³-hybridized carbons (Fsp3) is 0.625. The molecule has 18 heavy (non-hydrogen) atoms. The summed E-state index contributed by atoms with van der Waals surface area (Å²) in [4.78, 5) is 0. The lowest BCUT2D eigenvalue weighted by molar-refractivity contribution is 0.0461. The van der Waals surface area contributed by atoms with Crippen LogP contribution < -0.4 is 0 Å². The first-order valence-electron chi connectivity index (χ1n) is 6.65. The summed E-state index contributed by atoms with van der Waals surface area (Å²) in [6, 6.07) is 6.38. The van der Waals surface area contributed by atoms with Crippen molar-refractivity contribution in [2.45, 2.75) is 59.0 Å². The van der Waals surface area contributed by atoms with Gasteiger partial charge in [0, 0.05) is 6.42 Å². The molecule has 0 fully saturated rings. The average Bonchev–Trinajstić information content (AvgIpc) is 2.18. The summed E-state index contributed by atoms with van der Waals surface area (Å²) in [7, 11) is 0. The van der Waals surface area contributed by atoms with Crippen molar-refractivity contribution >= 4 is 0 Å². The minimum absolute atomic E-state index is 0.230. The monoisotopic (exact) mass is 252 g/mol. The van der Waals surface area contributed by atoms with Crippen LogP contribution in [0.1, 0.15) is 52.5 Å². The summed E-state index contributed by atoms with van der Waals surface area (Å²) in [5, 5.41) is 10.3. The maximum absolute atomic E-state index is 12.8. The van der Waals surface area contributed by atoms with E-state index < -0.39 is 5.60 Å². The van der Waals surface area contributed by atoms with Crippen molar-refractivity contribution in [1.29, 1.82) is 0 Å². The van der Waals surface area contributed by atoms with E-state index >= 15 is 0 Å². The molecule has 0 radical (unpaired) electrons. The molecule has 0 amide bonds. The number of hydrogen-bond acceptors (Lipinski definition) is 1. The van der Waals surface area contributed by atoms with Crippen LogP contribution >= 0.6 is 0 Å². The average molecular weight is 252 g/mol. The first kappa shape index (κ1) is 15.2. The Morgan fingerprint density at radius 2 is 1.56 bits per heavy atom. The molecular weight excluding hydrogens is 227 g/mol. The SMILES string of the molecule is CC(C)(C)CCCC(C)(O)Cc1ccc(F)cc1. The van der Waals surface area contributed by atoms with E-state index in [1.165, 1.54) is 12.1 Å². The molecule has 0 saturated carbocycles. The molecule has 2 heteroatoms. The third-order valence-electron chi connectivity index (χ3n) is 3.14. The van der Waals surface area contributed by atoms with Crippen LogP contribution in [0.3, 0.4) is 0 Å². The van der Waals surface area contributed by atoms with Gasteiger partial charge in [0.05, 0.1) is 5.60 Å². The van der Waals surface area contributed by atoms with Crippen LogP contribution in [0.2, 0.25) is 0 Å². The predicted octanol–water partition coefficient (Wildman–Crippen LogP) is 4.34. The van der Waals surface area contributed by atoms with Gasteiger partial charge in [0.2, 0.25) is 0 Å². The molecule has 1 unspecified atom stereocenters. The molecule has 0 aliphatic rings. The molecule has 102 valence electrons. The van der Waals surface area contributed by atoms with E-state index in [0.717, 1.165) is 24.8 Å². The van der Waals surface area contributed by atoms with Crippen molar-refractivity contribution in [3.8, 4) is 0 Å². The lowest BCUT2D eigenvalue weighted by Gasteiger charge is -2.26. The summed E-state index contributed by atoms with van der Waals surface area (Å²) < 4.78 is 12.8. The van der Waals surface area contributed by atoms with Gasteiger partial charge in [-0.3, -0.25) is 0 Å². The van der Waals surface area contributed by atoms with E-state index in [-0.39, 0.29) is 5.82 Å². The minimum Gasteiger partial charge on any atom is -0.390 e. The van der Waals surface area contributed by atoms with Gasteiger partial charge in [0.1, 0.15) is 5.82 Å². The van der Waals surface area contributed by atoms with Crippen molar-refractivity contribution in [3.05, 3.63) is 35.6 Å². The third kappa shape index (κ3) is 6.15. The Balaban J connectivity index is 2.46. The van der Waals surface area contributed by atoms with Crippen molar-refractivity contribution in [3.63, 3.8) is 0 Å². The Kier molecular flexibility index (Phi) is 4.92. The van der Waals surface area contributed by atoms with Crippen LogP contribution in [-0.2, 0) is 6.42 Å². The highest BCUT2D eigenvalue weighted by molar-refractivity contribution is 5.17. The third-order valence-corrected chi connectivity index (χ3v) is 3.14. The van der Waals surface area contributed by atoms with E-state index in [1.807, 2.05) is 6.92 Å². The van der Waals surface area contributed by atoms with Gasteiger partial charge in [-0.15, -0.1) is 0 Å². The Hall–Kier alpha value is -0.890. The summed E-state index contributed by atoms with van der Waals surface area (Å²) in [6.07, 6.45) is 3.48. The molecule has 0 bridgehead atoms. The first-order valence-corrected chi connectivity index (χ1v) is 6.65. The van der Waals surface area contributed by atoms with Crippen molar-refractivity contribution in [2.75, 3.05) is 0 Å². The molecule has 1 aromatic rings. The highest BCUT2D eigenvalue weighted by Gasteiger charge is 2.21. The lowest BCUT2D eigenvalue weighted by Crippen LogP contribution is -2.27. The number of benzene rings is 1. The van der Waals surface area contributed by atoms with Gasteiger partial charge in [-0.05, 0) is 42.9 Å². The molecule has 0 saturated heterocycles. The van der Waals surface area contributed by atoms with Gasteiger partial charge in [-0.1, -0.05) is 39.3 Å². The number of aliphatic hydroxyl groups is 1. The second-order valence-corrected chi connectivity index (χ2v) is 6.71. The maximum atomic E-state index is 12.8. The lowest BCUT2D eigenvalue weighted by atomic mass is 9.85. The predicted molar refractivity (Wildman–Crippen MR) is 74.0 cm³/mol.